The number of rotatable bonds is 2. The molecule has 0 aliphatic heterocycles. The Kier molecular flexibility index (Phi) is 3.80. The molecule has 0 heterocycles. The van der Waals surface area contributed by atoms with Crippen molar-refractivity contribution in [3.63, 3.8) is 0 Å². The van der Waals surface area contributed by atoms with Crippen molar-refractivity contribution >= 4 is 19.2 Å². The molecule has 100 valence electrons. The Morgan fingerprint density at radius 2 is 1.47 bits per heavy atom. The molecule has 0 aliphatic rings. The topological polar surface area (TPSA) is 0 Å². The maximum Gasteiger partial charge on any atom is 0.367 e. The average molecular weight is 280 g/mol. The standard InChI is InChI=1S/C15H15F3Si/c1-11-7-6-10-14(12(11)2)19(15(16,17)18)13-8-4-3-5-9-13/h3-10,19H,1-2H3. The first kappa shape index (κ1) is 13.9. The van der Waals surface area contributed by atoms with Crippen LogP contribution >= 0.6 is 0 Å². The van der Waals surface area contributed by atoms with Crippen molar-refractivity contribution in [2.24, 2.45) is 0 Å². The van der Waals surface area contributed by atoms with Gasteiger partial charge in [-0.2, -0.15) is 13.2 Å². The summed E-state index contributed by atoms with van der Waals surface area (Å²) in [6.07, 6.45) is 0. The lowest BCUT2D eigenvalue weighted by Gasteiger charge is -2.22. The Morgan fingerprint density at radius 1 is 0.842 bits per heavy atom. The van der Waals surface area contributed by atoms with E-state index in [2.05, 4.69) is 0 Å². The minimum absolute atomic E-state index is 0.420. The quantitative estimate of drug-likeness (QED) is 0.742. The van der Waals surface area contributed by atoms with Crippen LogP contribution in [0.2, 0.25) is 0 Å². The van der Waals surface area contributed by atoms with Gasteiger partial charge in [0.25, 0.3) is 0 Å². The van der Waals surface area contributed by atoms with Gasteiger partial charge in [-0.1, -0.05) is 48.5 Å². The summed E-state index contributed by atoms with van der Waals surface area (Å²) in [5, 5.41) is 0.891. The molecule has 0 radical (unpaired) electrons. The maximum atomic E-state index is 13.5. The molecule has 1 atom stereocenters. The highest BCUT2D eigenvalue weighted by Crippen LogP contribution is 2.20. The fourth-order valence-electron chi connectivity index (χ4n) is 2.28. The normalized spacial score (nSPS) is 13.3. The van der Waals surface area contributed by atoms with Crippen molar-refractivity contribution in [2.45, 2.75) is 19.6 Å². The molecule has 0 saturated carbocycles. The van der Waals surface area contributed by atoms with E-state index in [-0.39, 0.29) is 0 Å². The molecule has 0 aromatic heterocycles. The predicted octanol–water partition coefficient (Wildman–Crippen LogP) is 2.75. The van der Waals surface area contributed by atoms with Gasteiger partial charge >= 0.3 is 5.80 Å². The highest BCUT2D eigenvalue weighted by molar-refractivity contribution is 6.87. The number of halogens is 3. The van der Waals surface area contributed by atoms with Gasteiger partial charge in [-0.05, 0) is 35.3 Å². The summed E-state index contributed by atoms with van der Waals surface area (Å²) >= 11 is 0. The number of benzene rings is 2. The molecule has 0 saturated heterocycles. The van der Waals surface area contributed by atoms with Crippen molar-refractivity contribution in [3.05, 3.63) is 59.7 Å². The molecule has 19 heavy (non-hydrogen) atoms. The molecule has 2 rings (SSSR count). The van der Waals surface area contributed by atoms with Gasteiger partial charge in [0.2, 0.25) is 8.80 Å². The van der Waals surface area contributed by atoms with E-state index >= 15 is 0 Å². The Hall–Kier alpha value is -1.55. The van der Waals surface area contributed by atoms with E-state index in [4.69, 9.17) is 0 Å². The van der Waals surface area contributed by atoms with Crippen LogP contribution in [-0.4, -0.2) is 14.6 Å². The molecule has 2 aromatic carbocycles. The Morgan fingerprint density at radius 3 is 2.05 bits per heavy atom. The van der Waals surface area contributed by atoms with E-state index in [1.165, 1.54) is 0 Å². The largest absolute Gasteiger partial charge is 0.367 e. The summed E-state index contributed by atoms with van der Waals surface area (Å²) in [6.45, 7) is 3.63. The molecule has 0 nitrogen and oxygen atoms in total. The second-order valence-corrected chi connectivity index (χ2v) is 7.48. The summed E-state index contributed by atoms with van der Waals surface area (Å²) in [4.78, 5) is 0. The smallest absolute Gasteiger partial charge is 0.176 e. The van der Waals surface area contributed by atoms with Gasteiger partial charge < -0.3 is 0 Å². The Balaban J connectivity index is 2.60. The monoisotopic (exact) mass is 280 g/mol. The first-order valence-corrected chi connectivity index (χ1v) is 7.82. The zero-order valence-corrected chi connectivity index (χ0v) is 12.0. The second-order valence-electron chi connectivity index (χ2n) is 4.67. The fraction of sp³-hybridized carbons (Fsp3) is 0.200. The Labute approximate surface area is 112 Å². The van der Waals surface area contributed by atoms with Crippen LogP contribution in [0.5, 0.6) is 0 Å². The fourth-order valence-corrected chi connectivity index (χ4v) is 4.94. The van der Waals surface area contributed by atoms with Crippen molar-refractivity contribution in [2.75, 3.05) is 0 Å². The van der Waals surface area contributed by atoms with Crippen molar-refractivity contribution in [3.8, 4) is 0 Å². The van der Waals surface area contributed by atoms with Gasteiger partial charge in [-0.3, -0.25) is 0 Å². The molecule has 0 aliphatic carbocycles. The zero-order chi connectivity index (χ0) is 14.0. The third kappa shape index (κ3) is 2.89. The molecule has 0 fully saturated rings. The summed E-state index contributed by atoms with van der Waals surface area (Å²) in [5.74, 6) is -4.15. The van der Waals surface area contributed by atoms with Crippen molar-refractivity contribution in [1.29, 1.82) is 0 Å². The van der Waals surface area contributed by atoms with Gasteiger partial charge in [-0.25, -0.2) is 0 Å². The van der Waals surface area contributed by atoms with Crippen molar-refractivity contribution in [1.82, 2.24) is 0 Å². The number of aryl methyl sites for hydroxylation is 1. The van der Waals surface area contributed by atoms with E-state index in [9.17, 15) is 13.2 Å². The van der Waals surface area contributed by atoms with E-state index in [0.29, 0.717) is 10.4 Å². The first-order chi connectivity index (χ1) is 8.91. The molecule has 2 aromatic rings. The number of hydrogen-bond donors (Lipinski definition) is 0. The zero-order valence-electron chi connectivity index (χ0n) is 10.8. The summed E-state index contributed by atoms with van der Waals surface area (Å²) in [7, 11) is -3.21. The van der Waals surface area contributed by atoms with Crippen LogP contribution in [-0.2, 0) is 0 Å². The van der Waals surface area contributed by atoms with E-state index in [0.717, 1.165) is 11.1 Å². The summed E-state index contributed by atoms with van der Waals surface area (Å²) in [6, 6.07) is 13.5. The SMILES string of the molecule is Cc1cccc([SiH](c2ccccc2)C(F)(F)F)c1C. The van der Waals surface area contributed by atoms with E-state index < -0.39 is 14.6 Å². The van der Waals surface area contributed by atoms with Crippen LogP contribution in [0.4, 0.5) is 13.2 Å². The lowest BCUT2D eigenvalue weighted by Crippen LogP contribution is -2.55. The molecule has 4 heteroatoms. The van der Waals surface area contributed by atoms with Crippen LogP contribution in [0.1, 0.15) is 11.1 Å². The lowest BCUT2D eigenvalue weighted by atomic mass is 10.1. The minimum atomic E-state index is -4.15. The molecular weight excluding hydrogens is 265 g/mol. The lowest BCUT2D eigenvalue weighted by molar-refractivity contribution is -0.0484. The van der Waals surface area contributed by atoms with Crippen LogP contribution < -0.4 is 10.4 Å². The average Bonchev–Trinajstić information content (AvgIpc) is 2.35. The van der Waals surface area contributed by atoms with Crippen LogP contribution in [0, 0.1) is 13.8 Å². The molecule has 0 N–H and O–H groups in total. The molecule has 0 bridgehead atoms. The first-order valence-electron chi connectivity index (χ1n) is 6.09. The summed E-state index contributed by atoms with van der Waals surface area (Å²) in [5.41, 5.74) is 1.68. The Bertz CT molecular complexity index is 561. The number of alkyl halides is 3. The predicted molar refractivity (Wildman–Crippen MR) is 74.8 cm³/mol. The highest BCUT2D eigenvalue weighted by Gasteiger charge is 2.44. The maximum absolute atomic E-state index is 13.5. The van der Waals surface area contributed by atoms with Gasteiger partial charge in [0.05, 0.1) is 0 Å². The molecular formula is C15H15F3Si. The number of hydrogen-bond acceptors (Lipinski definition) is 0. The van der Waals surface area contributed by atoms with E-state index in [1.54, 1.807) is 49.4 Å². The van der Waals surface area contributed by atoms with Gasteiger partial charge in [0, 0.05) is 0 Å². The second kappa shape index (κ2) is 5.21. The van der Waals surface area contributed by atoms with Gasteiger partial charge in [-0.15, -0.1) is 0 Å². The van der Waals surface area contributed by atoms with Crippen molar-refractivity contribution < 1.29 is 13.2 Å². The molecule has 1 unspecified atom stereocenters. The minimum Gasteiger partial charge on any atom is -0.176 e. The third-order valence-corrected chi connectivity index (χ3v) is 6.37. The van der Waals surface area contributed by atoms with Crippen LogP contribution in [0.3, 0.4) is 0 Å². The van der Waals surface area contributed by atoms with E-state index in [1.807, 2.05) is 13.0 Å². The van der Waals surface area contributed by atoms with Gasteiger partial charge in [0.1, 0.15) is 0 Å². The van der Waals surface area contributed by atoms with Gasteiger partial charge in [0.15, 0.2) is 0 Å². The van der Waals surface area contributed by atoms with Crippen LogP contribution in [0.15, 0.2) is 48.5 Å². The third-order valence-electron chi connectivity index (χ3n) is 3.42. The molecule has 0 spiro atoms. The summed E-state index contributed by atoms with van der Waals surface area (Å²) < 4.78 is 40.4. The van der Waals surface area contributed by atoms with Crippen LogP contribution in [0.25, 0.3) is 0 Å². The highest BCUT2D eigenvalue weighted by atomic mass is 28.3. The molecule has 0 amide bonds.